The number of rotatable bonds is 1. The highest BCUT2D eigenvalue weighted by Crippen LogP contribution is 2.28. The summed E-state index contributed by atoms with van der Waals surface area (Å²) in [4.78, 5) is 11.3. The summed E-state index contributed by atoms with van der Waals surface area (Å²) >= 11 is 0. The molecule has 0 aromatic heterocycles. The van der Waals surface area contributed by atoms with E-state index in [4.69, 9.17) is 10.5 Å². The molecule has 1 aliphatic rings. The fourth-order valence-electron chi connectivity index (χ4n) is 1.97. The molecule has 2 rings (SSSR count). The number of hydrogen-bond acceptors (Lipinski definition) is 3. The fourth-order valence-corrected chi connectivity index (χ4v) is 1.97. The first-order valence-electron chi connectivity index (χ1n) is 4.66. The minimum atomic E-state index is -0.125. The number of anilines is 1. The molecule has 1 atom stereocenters. The van der Waals surface area contributed by atoms with E-state index < -0.39 is 0 Å². The van der Waals surface area contributed by atoms with Crippen molar-refractivity contribution in [3.63, 3.8) is 0 Å². The molecule has 1 aromatic carbocycles. The number of fused-ring (bicyclic) bond motifs is 1. The van der Waals surface area contributed by atoms with E-state index >= 15 is 0 Å². The molecule has 0 saturated heterocycles. The van der Waals surface area contributed by atoms with Gasteiger partial charge in [-0.05, 0) is 36.1 Å². The average molecular weight is 228 g/mol. The maximum absolute atomic E-state index is 11.3. The number of carbonyl (C=O) groups is 1. The molecule has 82 valence electrons. The topological polar surface area (TPSA) is 52.3 Å². The maximum atomic E-state index is 11.3. The van der Waals surface area contributed by atoms with Crippen molar-refractivity contribution in [1.29, 1.82) is 0 Å². The maximum Gasteiger partial charge on any atom is 0.309 e. The lowest BCUT2D eigenvalue weighted by Crippen LogP contribution is -2.15. The normalized spacial score (nSPS) is 17.8. The van der Waals surface area contributed by atoms with Crippen LogP contribution in [0.5, 0.6) is 0 Å². The Kier molecular flexibility index (Phi) is 3.58. The third-order valence-corrected chi connectivity index (χ3v) is 2.70. The van der Waals surface area contributed by atoms with Crippen molar-refractivity contribution in [2.75, 3.05) is 12.8 Å². The molecule has 3 nitrogen and oxygen atoms in total. The Bertz CT molecular complexity index is 379. The van der Waals surface area contributed by atoms with Crippen molar-refractivity contribution >= 4 is 24.1 Å². The highest BCUT2D eigenvalue weighted by atomic mass is 35.5. The third-order valence-electron chi connectivity index (χ3n) is 2.70. The minimum absolute atomic E-state index is 0. The summed E-state index contributed by atoms with van der Waals surface area (Å²) in [6.07, 6.45) is 1.54. The largest absolute Gasteiger partial charge is 0.469 e. The lowest BCUT2D eigenvalue weighted by molar-refractivity contribution is -0.145. The van der Waals surface area contributed by atoms with E-state index in [1.807, 2.05) is 18.2 Å². The lowest BCUT2D eigenvalue weighted by atomic mass is 10.1. The number of hydrogen-bond donors (Lipinski definition) is 1. The number of ether oxygens (including phenoxy) is 1. The van der Waals surface area contributed by atoms with Crippen LogP contribution in [0.1, 0.15) is 11.1 Å². The van der Waals surface area contributed by atoms with Crippen LogP contribution in [0.3, 0.4) is 0 Å². The highest BCUT2D eigenvalue weighted by molar-refractivity contribution is 5.85. The van der Waals surface area contributed by atoms with Crippen molar-refractivity contribution in [3.05, 3.63) is 29.3 Å². The first kappa shape index (κ1) is 11.9. The predicted octanol–water partition coefficient (Wildman–Crippen LogP) is 1.58. The van der Waals surface area contributed by atoms with Gasteiger partial charge in [0.25, 0.3) is 0 Å². The van der Waals surface area contributed by atoms with Crippen LogP contribution < -0.4 is 5.73 Å². The fraction of sp³-hybridized carbons (Fsp3) is 0.364. The molecule has 0 radical (unpaired) electrons. The van der Waals surface area contributed by atoms with E-state index in [-0.39, 0.29) is 24.3 Å². The Labute approximate surface area is 95.0 Å². The number of methoxy groups -OCH3 is 1. The molecule has 0 saturated carbocycles. The van der Waals surface area contributed by atoms with Gasteiger partial charge in [-0.2, -0.15) is 0 Å². The summed E-state index contributed by atoms with van der Waals surface area (Å²) < 4.78 is 4.73. The first-order chi connectivity index (χ1) is 6.70. The second-order valence-electron chi connectivity index (χ2n) is 3.66. The van der Waals surface area contributed by atoms with Crippen LogP contribution in [0.25, 0.3) is 0 Å². The second-order valence-corrected chi connectivity index (χ2v) is 3.66. The number of nitrogens with two attached hydrogens (primary N) is 1. The van der Waals surface area contributed by atoms with Crippen LogP contribution >= 0.6 is 12.4 Å². The molecule has 0 aliphatic heterocycles. The van der Waals surface area contributed by atoms with Crippen molar-refractivity contribution in [3.8, 4) is 0 Å². The molecule has 0 spiro atoms. The van der Waals surface area contributed by atoms with E-state index in [0.717, 1.165) is 18.5 Å². The Balaban J connectivity index is 0.00000112. The van der Waals surface area contributed by atoms with E-state index in [2.05, 4.69) is 0 Å². The molecule has 0 unspecified atom stereocenters. The standard InChI is InChI=1S/C11H13NO2.ClH/c1-14-11(13)9-4-7-2-3-10(12)6-8(7)5-9;/h2-3,6,9H,4-5,12H2,1H3;1H/t9-;/m0./s1. The summed E-state index contributed by atoms with van der Waals surface area (Å²) in [6, 6.07) is 5.81. The zero-order chi connectivity index (χ0) is 10.1. The molecule has 4 heteroatoms. The monoisotopic (exact) mass is 227 g/mol. The smallest absolute Gasteiger partial charge is 0.309 e. The van der Waals surface area contributed by atoms with Gasteiger partial charge in [0, 0.05) is 5.69 Å². The Hall–Kier alpha value is -1.22. The van der Waals surface area contributed by atoms with Gasteiger partial charge in [0.15, 0.2) is 0 Å². The van der Waals surface area contributed by atoms with Gasteiger partial charge in [-0.1, -0.05) is 6.07 Å². The van der Waals surface area contributed by atoms with Gasteiger partial charge in [-0.25, -0.2) is 0 Å². The molecule has 0 amide bonds. The van der Waals surface area contributed by atoms with Gasteiger partial charge in [-0.3, -0.25) is 4.79 Å². The van der Waals surface area contributed by atoms with Crippen molar-refractivity contribution in [2.24, 2.45) is 5.92 Å². The molecule has 0 heterocycles. The molecule has 1 aromatic rings. The van der Waals surface area contributed by atoms with Gasteiger partial charge in [-0.15, -0.1) is 12.4 Å². The first-order valence-corrected chi connectivity index (χ1v) is 4.66. The van der Waals surface area contributed by atoms with Crippen LogP contribution in [-0.4, -0.2) is 13.1 Å². The molecule has 15 heavy (non-hydrogen) atoms. The van der Waals surface area contributed by atoms with E-state index in [0.29, 0.717) is 0 Å². The zero-order valence-electron chi connectivity index (χ0n) is 8.53. The third kappa shape index (κ3) is 2.23. The molecule has 2 N–H and O–H groups in total. The number of benzene rings is 1. The van der Waals surface area contributed by atoms with Crippen LogP contribution in [0.2, 0.25) is 0 Å². The summed E-state index contributed by atoms with van der Waals surface area (Å²) in [5.41, 5.74) is 8.83. The Morgan fingerprint density at radius 3 is 2.73 bits per heavy atom. The number of nitrogen functional groups attached to an aromatic ring is 1. The number of halogens is 1. The van der Waals surface area contributed by atoms with Crippen LogP contribution in [0.15, 0.2) is 18.2 Å². The van der Waals surface area contributed by atoms with Crippen molar-refractivity contribution < 1.29 is 9.53 Å². The van der Waals surface area contributed by atoms with Crippen molar-refractivity contribution in [1.82, 2.24) is 0 Å². The van der Waals surface area contributed by atoms with Gasteiger partial charge < -0.3 is 10.5 Å². The minimum Gasteiger partial charge on any atom is -0.469 e. The zero-order valence-corrected chi connectivity index (χ0v) is 9.34. The van der Waals surface area contributed by atoms with Gasteiger partial charge in [0.1, 0.15) is 0 Å². The van der Waals surface area contributed by atoms with Crippen LogP contribution in [-0.2, 0) is 22.4 Å². The SMILES string of the molecule is COC(=O)[C@H]1Cc2ccc(N)cc2C1.Cl. The molecule has 0 fully saturated rings. The predicted molar refractivity (Wildman–Crippen MR) is 61.0 cm³/mol. The molecular weight excluding hydrogens is 214 g/mol. The van der Waals surface area contributed by atoms with E-state index in [1.165, 1.54) is 18.2 Å². The Morgan fingerprint density at radius 1 is 1.40 bits per heavy atom. The van der Waals surface area contributed by atoms with E-state index in [9.17, 15) is 4.79 Å². The summed E-state index contributed by atoms with van der Waals surface area (Å²) in [5.74, 6) is -0.142. The average Bonchev–Trinajstić information content (AvgIpc) is 2.59. The van der Waals surface area contributed by atoms with E-state index in [1.54, 1.807) is 0 Å². The quantitative estimate of drug-likeness (QED) is 0.586. The lowest BCUT2D eigenvalue weighted by Gasteiger charge is -2.04. The molecule has 1 aliphatic carbocycles. The van der Waals surface area contributed by atoms with Crippen molar-refractivity contribution in [2.45, 2.75) is 12.8 Å². The second kappa shape index (κ2) is 4.53. The van der Waals surface area contributed by atoms with Crippen LogP contribution in [0, 0.1) is 5.92 Å². The number of carbonyl (C=O) groups excluding carboxylic acids is 1. The highest BCUT2D eigenvalue weighted by Gasteiger charge is 2.27. The molecular formula is C11H14ClNO2. The van der Waals surface area contributed by atoms with Gasteiger partial charge in [0.05, 0.1) is 13.0 Å². The number of esters is 1. The summed E-state index contributed by atoms with van der Waals surface area (Å²) in [5, 5.41) is 0. The summed E-state index contributed by atoms with van der Waals surface area (Å²) in [6.45, 7) is 0. The Morgan fingerprint density at radius 2 is 2.07 bits per heavy atom. The van der Waals surface area contributed by atoms with Crippen LogP contribution in [0.4, 0.5) is 5.69 Å². The summed E-state index contributed by atoms with van der Waals surface area (Å²) in [7, 11) is 1.43. The van der Waals surface area contributed by atoms with Gasteiger partial charge in [0.2, 0.25) is 0 Å². The van der Waals surface area contributed by atoms with Gasteiger partial charge >= 0.3 is 5.97 Å². The molecule has 0 bridgehead atoms.